The van der Waals surface area contributed by atoms with Crippen LogP contribution in [0.1, 0.15) is 24.8 Å². The highest BCUT2D eigenvalue weighted by Gasteiger charge is 2.17. The van der Waals surface area contributed by atoms with Crippen LogP contribution in [-0.2, 0) is 4.74 Å². The first-order chi connectivity index (χ1) is 10.3. The van der Waals surface area contributed by atoms with E-state index in [4.69, 9.17) is 15.2 Å². The molecule has 1 atom stereocenters. The summed E-state index contributed by atoms with van der Waals surface area (Å²) in [6.45, 7) is 2.78. The van der Waals surface area contributed by atoms with Crippen molar-refractivity contribution in [3.63, 3.8) is 0 Å². The topological polar surface area (TPSA) is 44.5 Å². The lowest BCUT2D eigenvalue weighted by atomic mass is 10.0. The number of anilines is 1. The Morgan fingerprint density at radius 3 is 2.62 bits per heavy atom. The molecule has 0 radical (unpaired) electrons. The first kappa shape index (κ1) is 14.0. The van der Waals surface area contributed by atoms with Gasteiger partial charge in [0.1, 0.15) is 5.75 Å². The van der Waals surface area contributed by atoms with Gasteiger partial charge in [0.15, 0.2) is 6.29 Å². The minimum Gasteiger partial charge on any atom is -0.465 e. The Bertz CT molecular complexity index is 604. The van der Waals surface area contributed by atoms with Crippen LogP contribution in [0.15, 0.2) is 42.5 Å². The van der Waals surface area contributed by atoms with E-state index < -0.39 is 0 Å². The highest BCUT2D eigenvalue weighted by Crippen LogP contribution is 2.34. The van der Waals surface area contributed by atoms with Gasteiger partial charge in [0.2, 0.25) is 0 Å². The number of hydrogen-bond acceptors (Lipinski definition) is 3. The second kappa shape index (κ2) is 6.19. The van der Waals surface area contributed by atoms with Crippen molar-refractivity contribution in [3.05, 3.63) is 48.0 Å². The zero-order valence-corrected chi connectivity index (χ0v) is 12.3. The minimum absolute atomic E-state index is 0.139. The van der Waals surface area contributed by atoms with Crippen LogP contribution in [0.3, 0.4) is 0 Å². The molecule has 0 saturated carbocycles. The summed E-state index contributed by atoms with van der Waals surface area (Å²) in [4.78, 5) is 0. The summed E-state index contributed by atoms with van der Waals surface area (Å²) in [5.74, 6) is 0.819. The Morgan fingerprint density at radius 2 is 1.90 bits per heavy atom. The quantitative estimate of drug-likeness (QED) is 0.861. The van der Waals surface area contributed by atoms with Crippen LogP contribution < -0.4 is 10.5 Å². The molecule has 1 aliphatic rings. The van der Waals surface area contributed by atoms with Gasteiger partial charge in [-0.2, -0.15) is 0 Å². The lowest BCUT2D eigenvalue weighted by molar-refractivity contribution is -0.106. The molecule has 110 valence electrons. The van der Waals surface area contributed by atoms with E-state index in [1.807, 2.05) is 37.3 Å². The highest BCUT2D eigenvalue weighted by molar-refractivity contribution is 5.80. The van der Waals surface area contributed by atoms with Crippen molar-refractivity contribution in [2.75, 3.05) is 12.3 Å². The van der Waals surface area contributed by atoms with Crippen molar-refractivity contribution < 1.29 is 9.47 Å². The predicted molar refractivity (Wildman–Crippen MR) is 85.2 cm³/mol. The molecule has 1 fully saturated rings. The summed E-state index contributed by atoms with van der Waals surface area (Å²) in [5, 5.41) is 0. The number of benzene rings is 2. The molecule has 0 aliphatic carbocycles. The van der Waals surface area contributed by atoms with Crippen molar-refractivity contribution in [2.24, 2.45) is 0 Å². The Morgan fingerprint density at radius 1 is 1.10 bits per heavy atom. The molecule has 1 unspecified atom stereocenters. The van der Waals surface area contributed by atoms with Gasteiger partial charge in [0.05, 0.1) is 6.61 Å². The molecule has 2 aromatic carbocycles. The fourth-order valence-corrected chi connectivity index (χ4v) is 2.65. The van der Waals surface area contributed by atoms with E-state index in [2.05, 4.69) is 12.1 Å². The molecule has 3 nitrogen and oxygen atoms in total. The van der Waals surface area contributed by atoms with Crippen LogP contribution in [0.2, 0.25) is 0 Å². The van der Waals surface area contributed by atoms with Crippen LogP contribution in [-0.4, -0.2) is 12.9 Å². The van der Waals surface area contributed by atoms with Crippen LogP contribution in [0.4, 0.5) is 5.69 Å². The monoisotopic (exact) mass is 283 g/mol. The first-order valence-electron chi connectivity index (χ1n) is 7.48. The van der Waals surface area contributed by atoms with Crippen molar-refractivity contribution in [1.82, 2.24) is 0 Å². The minimum atomic E-state index is -0.139. The van der Waals surface area contributed by atoms with Gasteiger partial charge in [0.25, 0.3) is 0 Å². The standard InChI is InChI=1S/C18H21NO2/c1-13-16(21-17-9-5-6-12-20-17)11-10-15(18(13)19)14-7-3-2-4-8-14/h2-4,7-8,10-11,17H,5-6,9,12,19H2,1H3. The number of hydrogen-bond donors (Lipinski definition) is 1. The van der Waals surface area contributed by atoms with Gasteiger partial charge >= 0.3 is 0 Å². The number of ether oxygens (including phenoxy) is 2. The average Bonchev–Trinajstić information content (AvgIpc) is 2.54. The van der Waals surface area contributed by atoms with E-state index in [0.717, 1.165) is 54.0 Å². The molecule has 2 N–H and O–H groups in total. The lowest BCUT2D eigenvalue weighted by Crippen LogP contribution is -2.25. The summed E-state index contributed by atoms with van der Waals surface area (Å²) in [6, 6.07) is 14.2. The van der Waals surface area contributed by atoms with Crippen LogP contribution in [0.5, 0.6) is 5.75 Å². The normalized spacial score (nSPS) is 18.4. The zero-order valence-electron chi connectivity index (χ0n) is 12.3. The average molecular weight is 283 g/mol. The maximum absolute atomic E-state index is 6.30. The number of nitrogens with two attached hydrogens (primary N) is 1. The Kier molecular flexibility index (Phi) is 4.11. The SMILES string of the molecule is Cc1c(OC2CCCCO2)ccc(-c2ccccc2)c1N. The maximum Gasteiger partial charge on any atom is 0.199 e. The van der Waals surface area contributed by atoms with E-state index in [-0.39, 0.29) is 6.29 Å². The Hall–Kier alpha value is -2.00. The molecule has 0 bridgehead atoms. The third-order valence-corrected chi connectivity index (χ3v) is 3.95. The third kappa shape index (κ3) is 3.03. The van der Waals surface area contributed by atoms with Gasteiger partial charge < -0.3 is 15.2 Å². The molecule has 1 saturated heterocycles. The molecule has 1 heterocycles. The second-order valence-corrected chi connectivity index (χ2v) is 5.43. The van der Waals surface area contributed by atoms with E-state index >= 15 is 0 Å². The van der Waals surface area contributed by atoms with Gasteiger partial charge in [-0.1, -0.05) is 30.3 Å². The summed E-state index contributed by atoms with van der Waals surface area (Å²) in [5.41, 5.74) is 10.2. The molecule has 2 aromatic rings. The summed E-state index contributed by atoms with van der Waals surface area (Å²) in [7, 11) is 0. The third-order valence-electron chi connectivity index (χ3n) is 3.95. The van der Waals surface area contributed by atoms with Crippen LogP contribution in [0, 0.1) is 6.92 Å². The number of nitrogen functional groups attached to an aromatic ring is 1. The molecule has 21 heavy (non-hydrogen) atoms. The zero-order chi connectivity index (χ0) is 14.7. The number of rotatable bonds is 3. The van der Waals surface area contributed by atoms with Gasteiger partial charge in [-0.25, -0.2) is 0 Å². The van der Waals surface area contributed by atoms with Gasteiger partial charge in [-0.15, -0.1) is 0 Å². The molecule has 0 amide bonds. The lowest BCUT2D eigenvalue weighted by Gasteiger charge is -2.25. The van der Waals surface area contributed by atoms with Crippen molar-refractivity contribution in [2.45, 2.75) is 32.5 Å². The van der Waals surface area contributed by atoms with Gasteiger partial charge in [-0.05, 0) is 37.5 Å². The maximum atomic E-state index is 6.30. The summed E-state index contributed by atoms with van der Waals surface area (Å²) < 4.78 is 11.6. The van der Waals surface area contributed by atoms with Crippen LogP contribution >= 0.6 is 0 Å². The molecular formula is C18H21NO2. The first-order valence-corrected chi connectivity index (χ1v) is 7.48. The van der Waals surface area contributed by atoms with Gasteiger partial charge in [-0.3, -0.25) is 0 Å². The van der Waals surface area contributed by atoms with E-state index in [1.54, 1.807) is 0 Å². The van der Waals surface area contributed by atoms with Gasteiger partial charge in [0, 0.05) is 23.2 Å². The van der Waals surface area contributed by atoms with Crippen molar-refractivity contribution >= 4 is 5.69 Å². The molecule has 0 spiro atoms. The molecule has 0 aromatic heterocycles. The fraction of sp³-hybridized carbons (Fsp3) is 0.333. The highest BCUT2D eigenvalue weighted by atomic mass is 16.7. The Balaban J connectivity index is 1.86. The molecule has 1 aliphatic heterocycles. The summed E-state index contributed by atoms with van der Waals surface area (Å²) in [6.07, 6.45) is 3.08. The van der Waals surface area contributed by atoms with E-state index in [0.29, 0.717) is 0 Å². The molecule has 3 rings (SSSR count). The molecule has 3 heteroatoms. The predicted octanol–water partition coefficient (Wildman–Crippen LogP) is 4.15. The van der Waals surface area contributed by atoms with Crippen molar-refractivity contribution in [1.29, 1.82) is 0 Å². The van der Waals surface area contributed by atoms with E-state index in [1.165, 1.54) is 0 Å². The van der Waals surface area contributed by atoms with Crippen molar-refractivity contribution in [3.8, 4) is 16.9 Å². The van der Waals surface area contributed by atoms with E-state index in [9.17, 15) is 0 Å². The fourth-order valence-electron chi connectivity index (χ4n) is 2.65. The second-order valence-electron chi connectivity index (χ2n) is 5.43. The Labute approximate surface area is 125 Å². The summed E-state index contributed by atoms with van der Waals surface area (Å²) >= 11 is 0. The van der Waals surface area contributed by atoms with Crippen LogP contribution in [0.25, 0.3) is 11.1 Å². The molecular weight excluding hydrogens is 262 g/mol. The smallest absolute Gasteiger partial charge is 0.199 e. The largest absolute Gasteiger partial charge is 0.465 e.